The zero-order chi connectivity index (χ0) is 50.0. The van der Waals surface area contributed by atoms with Gasteiger partial charge in [0.25, 0.3) is 0 Å². The fourth-order valence-corrected chi connectivity index (χ4v) is 6.83. The summed E-state index contributed by atoms with van der Waals surface area (Å²) < 4.78 is 16.8. The Balaban J connectivity index is 4.56. The first-order valence-corrected chi connectivity index (χ1v) is 27.3. The van der Waals surface area contributed by atoms with Gasteiger partial charge in [0.05, 0.1) is 0 Å². The predicted octanol–water partition coefficient (Wildman–Crippen LogP) is 18.4. The van der Waals surface area contributed by atoms with Crippen LogP contribution in [0.5, 0.6) is 0 Å². The Bertz CT molecular complexity index is 1560. The van der Waals surface area contributed by atoms with Gasteiger partial charge in [-0.25, -0.2) is 0 Å². The molecular formula is C63H98O6. The van der Waals surface area contributed by atoms with Gasteiger partial charge >= 0.3 is 17.9 Å². The first kappa shape index (κ1) is 64.3. The van der Waals surface area contributed by atoms with Crippen molar-refractivity contribution in [2.24, 2.45) is 0 Å². The summed E-state index contributed by atoms with van der Waals surface area (Å²) in [5, 5.41) is 0. The maximum Gasteiger partial charge on any atom is 0.306 e. The van der Waals surface area contributed by atoms with Crippen LogP contribution in [0.25, 0.3) is 0 Å². The second kappa shape index (κ2) is 55.9. The summed E-state index contributed by atoms with van der Waals surface area (Å²) in [5.41, 5.74) is 0. The van der Waals surface area contributed by atoms with E-state index in [2.05, 4.69) is 167 Å². The Morgan fingerprint density at radius 1 is 0.290 bits per heavy atom. The topological polar surface area (TPSA) is 78.9 Å². The normalized spacial score (nSPS) is 13.3. The number of ether oxygens (including phenoxy) is 3. The quantitative estimate of drug-likeness (QED) is 0.0262. The van der Waals surface area contributed by atoms with Crippen molar-refractivity contribution in [1.82, 2.24) is 0 Å². The number of allylic oxidation sites excluding steroid dienone is 24. The summed E-state index contributed by atoms with van der Waals surface area (Å²) in [6.07, 6.45) is 79.8. The summed E-state index contributed by atoms with van der Waals surface area (Å²) in [6, 6.07) is 0. The molecule has 0 aromatic heterocycles. The van der Waals surface area contributed by atoms with Gasteiger partial charge in [0.2, 0.25) is 0 Å². The largest absolute Gasteiger partial charge is 0.462 e. The summed E-state index contributed by atoms with van der Waals surface area (Å²) in [5.74, 6) is -1.02. The highest BCUT2D eigenvalue weighted by atomic mass is 16.6. The van der Waals surface area contributed by atoms with Crippen LogP contribution >= 0.6 is 0 Å². The molecule has 0 bridgehead atoms. The molecule has 6 nitrogen and oxygen atoms in total. The van der Waals surface area contributed by atoms with Gasteiger partial charge in [-0.3, -0.25) is 14.4 Å². The summed E-state index contributed by atoms with van der Waals surface area (Å²) in [7, 11) is 0. The van der Waals surface area contributed by atoms with Crippen molar-refractivity contribution in [1.29, 1.82) is 0 Å². The number of esters is 3. The molecule has 69 heavy (non-hydrogen) atoms. The molecule has 0 rings (SSSR count). The van der Waals surface area contributed by atoms with Crippen molar-refractivity contribution in [3.05, 3.63) is 146 Å². The molecule has 0 heterocycles. The second-order valence-electron chi connectivity index (χ2n) is 17.3. The van der Waals surface area contributed by atoms with Crippen molar-refractivity contribution in [2.75, 3.05) is 13.2 Å². The lowest BCUT2D eigenvalue weighted by molar-refractivity contribution is -0.167. The fourth-order valence-electron chi connectivity index (χ4n) is 6.83. The molecule has 1 unspecified atom stereocenters. The molecular weight excluding hydrogens is 853 g/mol. The molecule has 0 N–H and O–H groups in total. The van der Waals surface area contributed by atoms with Crippen molar-refractivity contribution in [3.8, 4) is 0 Å². The van der Waals surface area contributed by atoms with Crippen LogP contribution in [0.1, 0.15) is 213 Å². The third-order valence-corrected chi connectivity index (χ3v) is 10.8. The number of unbranched alkanes of at least 4 members (excludes halogenated alkanes) is 12. The van der Waals surface area contributed by atoms with Gasteiger partial charge in [-0.05, 0) is 128 Å². The number of hydrogen-bond acceptors (Lipinski definition) is 6. The molecule has 1 atom stereocenters. The van der Waals surface area contributed by atoms with E-state index in [0.717, 1.165) is 154 Å². The minimum atomic E-state index is -0.828. The van der Waals surface area contributed by atoms with Gasteiger partial charge < -0.3 is 14.2 Å². The minimum absolute atomic E-state index is 0.120. The van der Waals surface area contributed by atoms with Gasteiger partial charge in [-0.1, -0.05) is 212 Å². The first-order chi connectivity index (χ1) is 34.0. The highest BCUT2D eigenvalue weighted by Crippen LogP contribution is 2.12. The molecule has 0 aromatic carbocycles. The van der Waals surface area contributed by atoms with Crippen LogP contribution in [0.2, 0.25) is 0 Å². The molecule has 0 aliphatic heterocycles. The van der Waals surface area contributed by atoms with Crippen LogP contribution < -0.4 is 0 Å². The van der Waals surface area contributed by atoms with Gasteiger partial charge in [0.15, 0.2) is 6.10 Å². The van der Waals surface area contributed by atoms with Crippen molar-refractivity contribution < 1.29 is 28.6 Å². The summed E-state index contributed by atoms with van der Waals surface area (Å²) >= 11 is 0. The SMILES string of the molecule is CC/C=C\C/C=C\C/C=C\C/C=C\C/C=C\CCCC(=O)OC(COC(=O)CCCCCCC/C=C\C/C=C\C/C=C\CC)COC(=O)CCCCCCCC/C=C\C/C=C\C/C=C\C/C=C\CC. The van der Waals surface area contributed by atoms with Crippen LogP contribution in [0.15, 0.2) is 146 Å². The number of carbonyl (C=O) groups is 3. The van der Waals surface area contributed by atoms with E-state index in [1.165, 1.54) is 12.8 Å². The number of carbonyl (C=O) groups excluding carboxylic acids is 3. The third kappa shape index (κ3) is 54.1. The van der Waals surface area contributed by atoms with Gasteiger partial charge in [0, 0.05) is 19.3 Å². The van der Waals surface area contributed by atoms with E-state index < -0.39 is 6.10 Å². The minimum Gasteiger partial charge on any atom is -0.462 e. The highest BCUT2D eigenvalue weighted by molar-refractivity contribution is 5.71. The molecule has 0 fully saturated rings. The average Bonchev–Trinajstić information content (AvgIpc) is 3.35. The molecule has 6 heteroatoms. The van der Waals surface area contributed by atoms with Crippen molar-refractivity contribution in [3.63, 3.8) is 0 Å². The zero-order valence-corrected chi connectivity index (χ0v) is 44.0. The molecule has 0 spiro atoms. The summed E-state index contributed by atoms with van der Waals surface area (Å²) in [6.45, 7) is 6.21. The van der Waals surface area contributed by atoms with E-state index in [-0.39, 0.29) is 37.5 Å². The smallest absolute Gasteiger partial charge is 0.306 e. The van der Waals surface area contributed by atoms with Crippen LogP contribution in [-0.4, -0.2) is 37.2 Å². The molecule has 0 aromatic rings. The van der Waals surface area contributed by atoms with E-state index >= 15 is 0 Å². The van der Waals surface area contributed by atoms with Crippen LogP contribution in [0.3, 0.4) is 0 Å². The lowest BCUT2D eigenvalue weighted by atomic mass is 10.1. The van der Waals surface area contributed by atoms with Gasteiger partial charge in [-0.15, -0.1) is 0 Å². The molecule has 0 saturated heterocycles. The molecule has 0 amide bonds. The monoisotopic (exact) mass is 951 g/mol. The van der Waals surface area contributed by atoms with Crippen LogP contribution in [-0.2, 0) is 28.6 Å². The Hall–Kier alpha value is -4.71. The van der Waals surface area contributed by atoms with Gasteiger partial charge in [0.1, 0.15) is 13.2 Å². The van der Waals surface area contributed by atoms with E-state index in [0.29, 0.717) is 19.3 Å². The van der Waals surface area contributed by atoms with Crippen LogP contribution in [0.4, 0.5) is 0 Å². The maximum absolute atomic E-state index is 12.8. The third-order valence-electron chi connectivity index (χ3n) is 10.8. The molecule has 0 saturated carbocycles. The maximum atomic E-state index is 12.8. The second-order valence-corrected chi connectivity index (χ2v) is 17.3. The van der Waals surface area contributed by atoms with Crippen LogP contribution in [0, 0.1) is 0 Å². The molecule has 0 radical (unpaired) electrons. The van der Waals surface area contributed by atoms with Crippen molar-refractivity contribution >= 4 is 17.9 Å². The first-order valence-electron chi connectivity index (χ1n) is 27.3. The fraction of sp³-hybridized carbons (Fsp3) is 0.571. The Labute approximate surface area is 423 Å². The highest BCUT2D eigenvalue weighted by Gasteiger charge is 2.19. The van der Waals surface area contributed by atoms with E-state index in [1.807, 2.05) is 0 Å². The lowest BCUT2D eigenvalue weighted by Gasteiger charge is -2.18. The van der Waals surface area contributed by atoms with E-state index in [4.69, 9.17) is 14.2 Å². The Morgan fingerprint density at radius 3 is 0.855 bits per heavy atom. The summed E-state index contributed by atoms with van der Waals surface area (Å²) in [4.78, 5) is 38.1. The molecule has 0 aliphatic rings. The number of hydrogen-bond donors (Lipinski definition) is 0. The standard InChI is InChI=1S/C63H98O6/c1-4-7-10-13-16-19-22-25-28-30-31-33-35-38-41-44-47-50-53-56-62(65)68-59-60(58-67-61(64)55-52-49-46-43-40-37-34-27-24-21-18-15-12-9-6-3)69-63(66)57-54-51-48-45-42-39-36-32-29-26-23-20-17-14-11-8-5-2/h7-12,16-21,25-29,31,33-34,36,39,45,48,60H,4-6,13-15,22-24,30,32,35,37-38,40-44,46-47,49-59H2,1-3H3/b10-7-,11-8-,12-9-,19-16-,20-17-,21-18-,28-25-,29-26-,33-31-,34-27-,39-36-,48-45-. The molecule has 386 valence electrons. The molecule has 0 aliphatic carbocycles. The van der Waals surface area contributed by atoms with Crippen molar-refractivity contribution in [2.45, 2.75) is 219 Å². The predicted molar refractivity (Wildman–Crippen MR) is 297 cm³/mol. The lowest BCUT2D eigenvalue weighted by Crippen LogP contribution is -2.30. The van der Waals surface area contributed by atoms with E-state index in [1.54, 1.807) is 0 Å². The zero-order valence-electron chi connectivity index (χ0n) is 44.0. The van der Waals surface area contributed by atoms with Gasteiger partial charge in [-0.2, -0.15) is 0 Å². The number of rotatable bonds is 47. The Kier molecular flexibility index (Phi) is 52.1. The Morgan fingerprint density at radius 2 is 0.536 bits per heavy atom. The average molecular weight is 951 g/mol. The van der Waals surface area contributed by atoms with E-state index in [9.17, 15) is 14.4 Å².